The van der Waals surface area contributed by atoms with Crippen LogP contribution in [0.2, 0.25) is 0 Å². The smallest absolute Gasteiger partial charge is 0.0573 e. The maximum Gasteiger partial charge on any atom is 0.0573 e. The number of aliphatic hydroxyl groups is 1. The molecule has 0 aromatic carbocycles. The van der Waals surface area contributed by atoms with Gasteiger partial charge in [-0.2, -0.15) is 0 Å². The fourth-order valence-corrected chi connectivity index (χ4v) is 2.82. The first-order valence-electron chi connectivity index (χ1n) is 6.92. The van der Waals surface area contributed by atoms with Gasteiger partial charge in [0.1, 0.15) is 0 Å². The van der Waals surface area contributed by atoms with Crippen LogP contribution in [0.3, 0.4) is 0 Å². The van der Waals surface area contributed by atoms with Crippen LogP contribution in [0.4, 0.5) is 0 Å². The maximum atomic E-state index is 9.16. The van der Waals surface area contributed by atoms with Crippen LogP contribution < -0.4 is 0 Å². The van der Waals surface area contributed by atoms with Gasteiger partial charge < -0.3 is 5.11 Å². The molecule has 0 atom stereocenters. The number of hydrogen-bond donors (Lipinski definition) is 1. The molecular formula is C15H24N2O. The second kappa shape index (κ2) is 6.30. The van der Waals surface area contributed by atoms with Gasteiger partial charge in [0.2, 0.25) is 0 Å². The van der Waals surface area contributed by atoms with Crippen molar-refractivity contribution < 1.29 is 5.11 Å². The number of nitrogens with zero attached hydrogens (tertiary/aromatic N) is 2. The van der Waals surface area contributed by atoms with Crippen molar-refractivity contribution in [2.45, 2.75) is 45.2 Å². The van der Waals surface area contributed by atoms with Crippen LogP contribution in [0.25, 0.3) is 0 Å². The minimum absolute atomic E-state index is 0.357. The summed E-state index contributed by atoms with van der Waals surface area (Å²) >= 11 is 0. The normalized spacial score (nSPS) is 24.4. The molecule has 1 aromatic heterocycles. The molecule has 1 aliphatic rings. The van der Waals surface area contributed by atoms with Gasteiger partial charge in [0.25, 0.3) is 0 Å². The fourth-order valence-electron chi connectivity index (χ4n) is 2.82. The third-order valence-electron chi connectivity index (χ3n) is 4.21. The molecule has 1 aromatic rings. The standard InChI is InChI=1S/C15H24N2O/c1-12-4-3-9-16-15(12)10-17(2)14-7-5-13(11-18)6-8-14/h3-4,9,13-14,18H,5-8,10-11H2,1-2H3. The summed E-state index contributed by atoms with van der Waals surface area (Å²) in [6.45, 7) is 3.41. The zero-order valence-electron chi connectivity index (χ0n) is 11.5. The molecule has 0 amide bonds. The van der Waals surface area contributed by atoms with E-state index in [0.29, 0.717) is 18.6 Å². The second-order valence-corrected chi connectivity index (χ2v) is 5.54. The van der Waals surface area contributed by atoms with Crippen molar-refractivity contribution >= 4 is 0 Å². The van der Waals surface area contributed by atoms with Crippen LogP contribution in [0.15, 0.2) is 18.3 Å². The number of aryl methyl sites for hydroxylation is 1. The molecule has 1 saturated carbocycles. The molecule has 1 heterocycles. The number of pyridine rings is 1. The van der Waals surface area contributed by atoms with E-state index in [-0.39, 0.29) is 0 Å². The predicted octanol–water partition coefficient (Wildman–Crippen LogP) is 2.37. The number of rotatable bonds is 4. The number of aliphatic hydroxyl groups excluding tert-OH is 1. The molecule has 3 nitrogen and oxygen atoms in total. The van der Waals surface area contributed by atoms with Gasteiger partial charge in [-0.1, -0.05) is 6.07 Å². The number of hydrogen-bond acceptors (Lipinski definition) is 3. The van der Waals surface area contributed by atoms with Gasteiger partial charge in [0, 0.05) is 25.4 Å². The predicted molar refractivity (Wildman–Crippen MR) is 73.3 cm³/mol. The highest BCUT2D eigenvalue weighted by molar-refractivity contribution is 5.17. The van der Waals surface area contributed by atoms with Crippen LogP contribution in [-0.4, -0.2) is 34.7 Å². The fraction of sp³-hybridized carbons (Fsp3) is 0.667. The van der Waals surface area contributed by atoms with Gasteiger partial charge >= 0.3 is 0 Å². The van der Waals surface area contributed by atoms with Crippen molar-refractivity contribution in [1.82, 2.24) is 9.88 Å². The summed E-state index contributed by atoms with van der Waals surface area (Å²) in [4.78, 5) is 6.88. The molecule has 1 N–H and O–H groups in total. The van der Waals surface area contributed by atoms with Crippen molar-refractivity contribution in [1.29, 1.82) is 0 Å². The monoisotopic (exact) mass is 248 g/mol. The third kappa shape index (κ3) is 3.30. The lowest BCUT2D eigenvalue weighted by Gasteiger charge is -2.34. The molecule has 0 bridgehead atoms. The molecule has 1 fully saturated rings. The van der Waals surface area contributed by atoms with Crippen LogP contribution in [0, 0.1) is 12.8 Å². The van der Waals surface area contributed by atoms with Crippen molar-refractivity contribution in [2.24, 2.45) is 5.92 Å². The molecule has 0 aliphatic heterocycles. The quantitative estimate of drug-likeness (QED) is 0.888. The summed E-state index contributed by atoms with van der Waals surface area (Å²) < 4.78 is 0. The lowest BCUT2D eigenvalue weighted by atomic mass is 9.86. The Bertz CT molecular complexity index is 373. The van der Waals surface area contributed by atoms with E-state index in [1.54, 1.807) is 0 Å². The highest BCUT2D eigenvalue weighted by atomic mass is 16.3. The van der Waals surface area contributed by atoms with Crippen molar-refractivity contribution in [3.8, 4) is 0 Å². The summed E-state index contributed by atoms with van der Waals surface area (Å²) in [5.41, 5.74) is 2.46. The third-order valence-corrected chi connectivity index (χ3v) is 4.21. The summed E-state index contributed by atoms with van der Waals surface area (Å²) in [7, 11) is 2.19. The van der Waals surface area contributed by atoms with Crippen LogP contribution in [0.5, 0.6) is 0 Å². The van der Waals surface area contributed by atoms with E-state index in [9.17, 15) is 0 Å². The van der Waals surface area contributed by atoms with Crippen molar-refractivity contribution in [2.75, 3.05) is 13.7 Å². The van der Waals surface area contributed by atoms with Crippen LogP contribution in [-0.2, 0) is 6.54 Å². The first-order valence-corrected chi connectivity index (χ1v) is 6.92. The Morgan fingerprint density at radius 1 is 1.33 bits per heavy atom. The van der Waals surface area contributed by atoms with E-state index in [2.05, 4.69) is 29.9 Å². The summed E-state index contributed by atoms with van der Waals surface area (Å²) in [5, 5.41) is 9.16. The molecule has 3 heteroatoms. The average molecular weight is 248 g/mol. The largest absolute Gasteiger partial charge is 0.396 e. The van der Waals surface area contributed by atoms with Gasteiger partial charge in [-0.25, -0.2) is 0 Å². The lowest BCUT2D eigenvalue weighted by molar-refractivity contribution is 0.123. The van der Waals surface area contributed by atoms with E-state index in [0.717, 1.165) is 19.4 Å². The Hall–Kier alpha value is -0.930. The van der Waals surface area contributed by atoms with Crippen LogP contribution >= 0.6 is 0 Å². The van der Waals surface area contributed by atoms with E-state index in [1.807, 2.05) is 12.3 Å². The Morgan fingerprint density at radius 3 is 2.67 bits per heavy atom. The van der Waals surface area contributed by atoms with E-state index in [1.165, 1.54) is 24.1 Å². The molecule has 2 rings (SSSR count). The minimum atomic E-state index is 0.357. The summed E-state index contributed by atoms with van der Waals surface area (Å²) in [6, 6.07) is 4.76. The Balaban J connectivity index is 1.89. The molecule has 0 unspecified atom stereocenters. The zero-order chi connectivity index (χ0) is 13.0. The van der Waals surface area contributed by atoms with E-state index in [4.69, 9.17) is 5.11 Å². The zero-order valence-corrected chi connectivity index (χ0v) is 11.5. The molecule has 0 radical (unpaired) electrons. The van der Waals surface area contributed by atoms with Gasteiger partial charge in [-0.3, -0.25) is 9.88 Å². The molecule has 0 saturated heterocycles. The maximum absolute atomic E-state index is 9.16. The summed E-state index contributed by atoms with van der Waals surface area (Å²) in [6.07, 6.45) is 6.60. The van der Waals surface area contributed by atoms with E-state index >= 15 is 0 Å². The topological polar surface area (TPSA) is 36.4 Å². The Labute approximate surface area is 110 Å². The van der Waals surface area contributed by atoms with Gasteiger partial charge in [0.15, 0.2) is 0 Å². The van der Waals surface area contributed by atoms with Gasteiger partial charge in [-0.05, 0) is 57.2 Å². The molecule has 1 aliphatic carbocycles. The van der Waals surface area contributed by atoms with Crippen molar-refractivity contribution in [3.05, 3.63) is 29.6 Å². The SMILES string of the molecule is Cc1cccnc1CN(C)C1CCC(CO)CC1. The highest BCUT2D eigenvalue weighted by Gasteiger charge is 2.23. The Kier molecular flexibility index (Phi) is 4.72. The Morgan fingerprint density at radius 2 is 2.06 bits per heavy atom. The van der Waals surface area contributed by atoms with Crippen LogP contribution in [0.1, 0.15) is 36.9 Å². The van der Waals surface area contributed by atoms with Gasteiger partial charge in [0.05, 0.1) is 5.69 Å². The first kappa shape index (κ1) is 13.5. The van der Waals surface area contributed by atoms with Gasteiger partial charge in [-0.15, -0.1) is 0 Å². The minimum Gasteiger partial charge on any atom is -0.396 e. The van der Waals surface area contributed by atoms with E-state index < -0.39 is 0 Å². The molecule has 100 valence electrons. The second-order valence-electron chi connectivity index (χ2n) is 5.54. The molecule has 18 heavy (non-hydrogen) atoms. The van der Waals surface area contributed by atoms with Crippen molar-refractivity contribution in [3.63, 3.8) is 0 Å². The summed E-state index contributed by atoms with van der Waals surface area (Å²) in [5.74, 6) is 0.534. The lowest BCUT2D eigenvalue weighted by Crippen LogP contribution is -2.35. The first-order chi connectivity index (χ1) is 8.70. The molecule has 0 spiro atoms. The number of aromatic nitrogens is 1. The highest BCUT2D eigenvalue weighted by Crippen LogP contribution is 2.27. The average Bonchev–Trinajstić information content (AvgIpc) is 2.41. The molecular weight excluding hydrogens is 224 g/mol.